The predicted octanol–water partition coefficient (Wildman–Crippen LogP) is 4.07. The molecule has 2 nitrogen and oxygen atoms in total. The highest BCUT2D eigenvalue weighted by atomic mass is 15.2. The third kappa shape index (κ3) is 9.37. The summed E-state index contributed by atoms with van der Waals surface area (Å²) < 4.78 is 0. The lowest BCUT2D eigenvalue weighted by Crippen LogP contribution is -3.13. The van der Waals surface area contributed by atoms with E-state index in [1.165, 1.54) is 90.1 Å². The first kappa shape index (κ1) is 19.4. The van der Waals surface area contributed by atoms with Gasteiger partial charge >= 0.3 is 0 Å². The second kappa shape index (κ2) is 14.9. The first-order chi connectivity index (χ1) is 9.88. The number of nitrogens with zero attached hydrogens (tertiary/aromatic N) is 1. The standard InChI is InChI=1S/C17H35N.CN/c1-3-5-6-7-8-9-10-11-12-15-18-16-13-14-17(18)4-2;1-2/h17H,3-16H2,1-2H3;/q;-1/p+1. The van der Waals surface area contributed by atoms with Crippen LogP contribution in [0.1, 0.15) is 90.9 Å². The fraction of sp³-hybridized carbons (Fsp3) is 0.944. The Morgan fingerprint density at radius 2 is 1.45 bits per heavy atom. The monoisotopic (exact) mass is 280 g/mol. The first-order valence-electron chi connectivity index (χ1n) is 8.95. The SMILES string of the molecule is CCCCCCCCCCC[NH+]1CCCC1CC.[C-]#N. The maximum absolute atomic E-state index is 6.25. The Hall–Kier alpha value is -0.550. The van der Waals surface area contributed by atoms with Crippen LogP contribution in [0, 0.1) is 11.8 Å². The molecule has 0 bridgehead atoms. The summed E-state index contributed by atoms with van der Waals surface area (Å²) in [4.78, 5) is 1.92. The minimum Gasteiger partial charge on any atom is -0.512 e. The van der Waals surface area contributed by atoms with Crippen molar-refractivity contribution in [3.8, 4) is 0 Å². The molecule has 2 heteroatoms. The van der Waals surface area contributed by atoms with E-state index < -0.39 is 0 Å². The lowest BCUT2D eigenvalue weighted by molar-refractivity contribution is -0.912. The summed E-state index contributed by atoms with van der Waals surface area (Å²) in [7, 11) is 0. The van der Waals surface area contributed by atoms with E-state index >= 15 is 0 Å². The van der Waals surface area contributed by atoms with Gasteiger partial charge in [-0.2, -0.15) is 0 Å². The average Bonchev–Trinajstić information content (AvgIpc) is 2.95. The Labute approximate surface area is 127 Å². The van der Waals surface area contributed by atoms with Crippen LogP contribution in [0.25, 0.3) is 0 Å². The fourth-order valence-corrected chi connectivity index (χ4v) is 3.47. The molecule has 0 aromatic rings. The van der Waals surface area contributed by atoms with Crippen molar-refractivity contribution in [3.63, 3.8) is 0 Å². The summed E-state index contributed by atoms with van der Waals surface area (Å²) in [6.45, 7) is 12.3. The van der Waals surface area contributed by atoms with E-state index in [1.807, 2.05) is 4.90 Å². The highest BCUT2D eigenvalue weighted by Crippen LogP contribution is 2.09. The van der Waals surface area contributed by atoms with E-state index in [-0.39, 0.29) is 0 Å². The molecular weight excluding hydrogens is 244 g/mol. The molecule has 0 aromatic carbocycles. The molecule has 1 aliphatic heterocycles. The molecule has 2 unspecified atom stereocenters. The van der Waals surface area contributed by atoms with Gasteiger partial charge < -0.3 is 16.7 Å². The largest absolute Gasteiger partial charge is 0.512 e. The predicted molar refractivity (Wildman–Crippen MR) is 86.2 cm³/mol. The van der Waals surface area contributed by atoms with Crippen LogP contribution >= 0.6 is 0 Å². The summed E-state index contributed by atoms with van der Waals surface area (Å²) >= 11 is 0. The minimum absolute atomic E-state index is 0.999. The van der Waals surface area contributed by atoms with Crippen molar-refractivity contribution in [2.45, 2.75) is 96.9 Å². The van der Waals surface area contributed by atoms with Crippen LogP contribution in [0.2, 0.25) is 0 Å². The van der Waals surface area contributed by atoms with Crippen molar-refractivity contribution in [1.82, 2.24) is 0 Å². The molecule has 118 valence electrons. The number of rotatable bonds is 11. The zero-order valence-corrected chi connectivity index (χ0v) is 13.9. The Morgan fingerprint density at radius 3 is 2.00 bits per heavy atom. The van der Waals surface area contributed by atoms with Gasteiger partial charge in [0.05, 0.1) is 19.1 Å². The molecule has 1 rings (SSSR count). The van der Waals surface area contributed by atoms with Gasteiger partial charge in [0.1, 0.15) is 0 Å². The van der Waals surface area contributed by atoms with E-state index in [1.54, 1.807) is 0 Å². The maximum atomic E-state index is 6.25. The normalized spacial score (nSPS) is 21.4. The summed E-state index contributed by atoms with van der Waals surface area (Å²) in [5.41, 5.74) is 0. The highest BCUT2D eigenvalue weighted by Gasteiger charge is 2.25. The second-order valence-corrected chi connectivity index (χ2v) is 6.23. The third-order valence-electron chi connectivity index (χ3n) is 4.72. The van der Waals surface area contributed by atoms with E-state index in [2.05, 4.69) is 13.8 Å². The number of likely N-dealkylation sites (tertiary alicyclic amines) is 1. The zero-order chi connectivity index (χ0) is 15.1. The van der Waals surface area contributed by atoms with Gasteiger partial charge in [-0.3, -0.25) is 0 Å². The molecule has 0 spiro atoms. The Balaban J connectivity index is 0.00000172. The lowest BCUT2D eigenvalue weighted by Gasteiger charge is -2.20. The molecule has 1 aliphatic rings. The van der Waals surface area contributed by atoms with Crippen LogP contribution < -0.4 is 4.90 Å². The molecular formula is C18H36N2. The van der Waals surface area contributed by atoms with Crippen molar-refractivity contribution in [2.24, 2.45) is 0 Å². The second-order valence-electron chi connectivity index (χ2n) is 6.23. The zero-order valence-electron chi connectivity index (χ0n) is 13.9. The van der Waals surface area contributed by atoms with Gasteiger partial charge in [0.25, 0.3) is 0 Å². The first-order valence-corrected chi connectivity index (χ1v) is 8.95. The minimum atomic E-state index is 0.999. The van der Waals surface area contributed by atoms with Gasteiger partial charge in [0.2, 0.25) is 0 Å². The van der Waals surface area contributed by atoms with Gasteiger partial charge in [-0.25, -0.2) is 0 Å². The van der Waals surface area contributed by atoms with Gasteiger partial charge in [-0.05, 0) is 19.3 Å². The van der Waals surface area contributed by atoms with Crippen molar-refractivity contribution < 1.29 is 4.90 Å². The molecule has 1 fully saturated rings. The summed E-state index contributed by atoms with van der Waals surface area (Å²) in [5.74, 6) is 0. The van der Waals surface area contributed by atoms with E-state index in [9.17, 15) is 0 Å². The molecule has 0 saturated carbocycles. The fourth-order valence-electron chi connectivity index (χ4n) is 3.47. The number of unbranched alkanes of at least 4 members (excludes halogenated alkanes) is 8. The number of hydrogen-bond donors (Lipinski definition) is 1. The van der Waals surface area contributed by atoms with E-state index in [0.29, 0.717) is 0 Å². The number of quaternary nitrogens is 1. The Morgan fingerprint density at radius 1 is 0.900 bits per heavy atom. The molecule has 0 amide bonds. The van der Waals surface area contributed by atoms with Crippen molar-refractivity contribution in [3.05, 3.63) is 6.57 Å². The smallest absolute Gasteiger partial charge is 0.0874 e. The molecule has 0 aromatic heterocycles. The molecule has 2 atom stereocenters. The Kier molecular flexibility index (Phi) is 14.4. The molecule has 1 N–H and O–H groups in total. The summed E-state index contributed by atoms with van der Waals surface area (Å²) in [6, 6.07) is 0.999. The van der Waals surface area contributed by atoms with Crippen LogP contribution in [-0.4, -0.2) is 19.1 Å². The van der Waals surface area contributed by atoms with Crippen LogP contribution in [-0.2, 0) is 0 Å². The average molecular weight is 280 g/mol. The Bertz CT molecular complexity index is 213. The maximum Gasteiger partial charge on any atom is 0.0874 e. The summed E-state index contributed by atoms with van der Waals surface area (Å²) in [5, 5.41) is 6.25. The molecule has 1 saturated heterocycles. The van der Waals surface area contributed by atoms with Crippen LogP contribution in [0.3, 0.4) is 0 Å². The molecule has 1 heterocycles. The van der Waals surface area contributed by atoms with Gasteiger partial charge in [-0.1, -0.05) is 58.8 Å². The van der Waals surface area contributed by atoms with Crippen LogP contribution in [0.4, 0.5) is 0 Å². The van der Waals surface area contributed by atoms with Gasteiger partial charge in [-0.15, -0.1) is 0 Å². The van der Waals surface area contributed by atoms with E-state index in [0.717, 1.165) is 6.04 Å². The van der Waals surface area contributed by atoms with Crippen LogP contribution in [0.15, 0.2) is 0 Å². The third-order valence-corrected chi connectivity index (χ3v) is 4.72. The van der Waals surface area contributed by atoms with Gasteiger partial charge in [0.15, 0.2) is 0 Å². The van der Waals surface area contributed by atoms with Crippen molar-refractivity contribution >= 4 is 0 Å². The number of hydrogen-bond acceptors (Lipinski definition) is 1. The van der Waals surface area contributed by atoms with Crippen molar-refractivity contribution in [1.29, 1.82) is 5.26 Å². The van der Waals surface area contributed by atoms with E-state index in [4.69, 9.17) is 11.8 Å². The lowest BCUT2D eigenvalue weighted by atomic mass is 10.1. The van der Waals surface area contributed by atoms with Gasteiger partial charge in [0, 0.05) is 12.8 Å². The number of nitrogens with one attached hydrogen (secondary N) is 1. The van der Waals surface area contributed by atoms with Crippen LogP contribution in [0.5, 0.6) is 0 Å². The topological polar surface area (TPSA) is 28.2 Å². The molecule has 0 radical (unpaired) electrons. The van der Waals surface area contributed by atoms with Crippen molar-refractivity contribution in [2.75, 3.05) is 13.1 Å². The molecule has 20 heavy (non-hydrogen) atoms. The summed E-state index contributed by atoms with van der Waals surface area (Å²) in [6.07, 6.45) is 17.5. The quantitative estimate of drug-likeness (QED) is 0.448. The highest BCUT2D eigenvalue weighted by molar-refractivity contribution is 4.60. The molecule has 0 aliphatic carbocycles.